The second-order valence-electron chi connectivity index (χ2n) is 8.24. The summed E-state index contributed by atoms with van der Waals surface area (Å²) in [5.41, 5.74) is 4.14. The van der Waals surface area contributed by atoms with Crippen molar-refractivity contribution in [2.45, 2.75) is 46.7 Å². The lowest BCUT2D eigenvalue weighted by atomic mass is 10.0. The summed E-state index contributed by atoms with van der Waals surface area (Å²) in [6, 6.07) is 7.64. The van der Waals surface area contributed by atoms with E-state index in [-0.39, 0.29) is 5.92 Å². The van der Waals surface area contributed by atoms with E-state index in [4.69, 9.17) is 16.7 Å². The first kappa shape index (κ1) is 22.3. The molecule has 8 heteroatoms. The minimum absolute atomic E-state index is 0.246. The first-order valence-corrected chi connectivity index (χ1v) is 12.4. The van der Waals surface area contributed by atoms with Gasteiger partial charge in [-0.15, -0.1) is 0 Å². The van der Waals surface area contributed by atoms with Gasteiger partial charge in [0.1, 0.15) is 0 Å². The summed E-state index contributed by atoms with van der Waals surface area (Å²) in [6.07, 6.45) is 3.27. The van der Waals surface area contributed by atoms with E-state index >= 15 is 0 Å². The van der Waals surface area contributed by atoms with Gasteiger partial charge in [0.15, 0.2) is 0 Å². The average molecular weight is 439 g/mol. The van der Waals surface area contributed by atoms with E-state index in [0.29, 0.717) is 18.1 Å². The highest BCUT2D eigenvalue weighted by Gasteiger charge is 2.28. The number of nitrogens with zero attached hydrogens (tertiary/aromatic N) is 4. The van der Waals surface area contributed by atoms with E-state index in [0.717, 1.165) is 49.4 Å². The van der Waals surface area contributed by atoms with E-state index in [2.05, 4.69) is 11.8 Å². The minimum atomic E-state index is -3.32. The standard InChI is InChI=1S/C21H31ClN4O2S/c1-5-11-24-12-10-21-19(14-24)20(15-25(13-16(2)3)29(4,27)28)23-26(21)18-8-6-17(22)7-9-18/h6-9,16H,5,10-15H2,1-4H3. The van der Waals surface area contributed by atoms with Crippen molar-refractivity contribution in [1.82, 2.24) is 19.0 Å². The molecule has 6 nitrogen and oxygen atoms in total. The van der Waals surface area contributed by atoms with Crippen molar-refractivity contribution in [2.75, 3.05) is 25.9 Å². The molecule has 0 fully saturated rings. The molecule has 1 aromatic carbocycles. The van der Waals surface area contributed by atoms with Crippen molar-refractivity contribution >= 4 is 21.6 Å². The van der Waals surface area contributed by atoms with E-state index in [1.54, 1.807) is 4.31 Å². The Morgan fingerprint density at radius 2 is 1.93 bits per heavy atom. The van der Waals surface area contributed by atoms with Gasteiger partial charge in [-0.3, -0.25) is 4.90 Å². The number of aromatic nitrogens is 2. The van der Waals surface area contributed by atoms with Crippen LogP contribution in [0.4, 0.5) is 0 Å². The van der Waals surface area contributed by atoms with Gasteiger partial charge in [-0.25, -0.2) is 13.1 Å². The Morgan fingerprint density at radius 3 is 2.52 bits per heavy atom. The zero-order valence-electron chi connectivity index (χ0n) is 17.7. The number of hydrogen-bond donors (Lipinski definition) is 0. The smallest absolute Gasteiger partial charge is 0.211 e. The van der Waals surface area contributed by atoms with Crippen molar-refractivity contribution < 1.29 is 8.42 Å². The summed E-state index contributed by atoms with van der Waals surface area (Å²) in [5, 5.41) is 5.57. The summed E-state index contributed by atoms with van der Waals surface area (Å²) in [4.78, 5) is 2.42. The van der Waals surface area contributed by atoms with Gasteiger partial charge < -0.3 is 0 Å². The first-order chi connectivity index (χ1) is 13.7. The van der Waals surface area contributed by atoms with Crippen LogP contribution in [0.1, 0.15) is 44.1 Å². The maximum Gasteiger partial charge on any atom is 0.211 e. The summed E-state index contributed by atoms with van der Waals surface area (Å²) < 4.78 is 28.3. The van der Waals surface area contributed by atoms with Gasteiger partial charge in [0.2, 0.25) is 10.0 Å². The predicted molar refractivity (Wildman–Crippen MR) is 118 cm³/mol. The molecule has 0 saturated heterocycles. The number of sulfonamides is 1. The molecule has 2 heterocycles. The SMILES string of the molecule is CCCN1CCc2c(c(CN(CC(C)C)S(C)(=O)=O)nn2-c2ccc(Cl)cc2)C1. The molecule has 0 saturated carbocycles. The number of halogens is 1. The number of fused-ring (bicyclic) bond motifs is 1. The van der Waals surface area contributed by atoms with Crippen LogP contribution in [0.5, 0.6) is 0 Å². The van der Waals surface area contributed by atoms with Crippen molar-refractivity contribution in [3.63, 3.8) is 0 Å². The third-order valence-electron chi connectivity index (χ3n) is 5.19. The summed E-state index contributed by atoms with van der Waals surface area (Å²) in [5.74, 6) is 0.246. The molecule has 0 atom stereocenters. The highest BCUT2D eigenvalue weighted by atomic mass is 35.5. The van der Waals surface area contributed by atoms with E-state index < -0.39 is 10.0 Å². The summed E-state index contributed by atoms with van der Waals surface area (Å²) >= 11 is 6.06. The fourth-order valence-electron chi connectivity index (χ4n) is 3.86. The van der Waals surface area contributed by atoms with Gasteiger partial charge >= 0.3 is 0 Å². The second-order valence-corrected chi connectivity index (χ2v) is 10.7. The topological polar surface area (TPSA) is 58.4 Å². The fourth-order valence-corrected chi connectivity index (χ4v) is 4.92. The van der Waals surface area contributed by atoms with Gasteiger partial charge in [0.05, 0.1) is 29.9 Å². The first-order valence-electron chi connectivity index (χ1n) is 10.2. The lowest BCUT2D eigenvalue weighted by molar-refractivity contribution is 0.251. The number of benzene rings is 1. The highest BCUT2D eigenvalue weighted by Crippen LogP contribution is 2.27. The summed E-state index contributed by atoms with van der Waals surface area (Å²) in [7, 11) is -3.32. The van der Waals surface area contributed by atoms with Gasteiger partial charge in [-0.1, -0.05) is 32.4 Å². The molecule has 1 aliphatic rings. The van der Waals surface area contributed by atoms with Crippen LogP contribution >= 0.6 is 11.6 Å². The Kier molecular flexibility index (Phi) is 7.04. The fraction of sp³-hybridized carbons (Fsp3) is 0.571. The average Bonchev–Trinajstić information content (AvgIpc) is 2.99. The molecule has 0 N–H and O–H groups in total. The van der Waals surface area contributed by atoms with Crippen LogP contribution < -0.4 is 0 Å². The molecule has 160 valence electrons. The highest BCUT2D eigenvalue weighted by molar-refractivity contribution is 7.88. The molecule has 0 radical (unpaired) electrons. The molecule has 1 aliphatic heterocycles. The third-order valence-corrected chi connectivity index (χ3v) is 6.66. The normalized spacial score (nSPS) is 15.3. The molecule has 0 aliphatic carbocycles. The van der Waals surface area contributed by atoms with Crippen LogP contribution in [0.15, 0.2) is 24.3 Å². The predicted octanol–water partition coefficient (Wildman–Crippen LogP) is 3.71. The van der Waals surface area contributed by atoms with Crippen molar-refractivity contribution in [2.24, 2.45) is 5.92 Å². The molecule has 2 aromatic rings. The Labute approximate surface area is 179 Å². The van der Waals surface area contributed by atoms with E-state index in [1.807, 2.05) is 42.8 Å². The molecular weight excluding hydrogens is 408 g/mol. The Bertz CT molecular complexity index is 938. The monoisotopic (exact) mass is 438 g/mol. The van der Waals surface area contributed by atoms with Crippen molar-refractivity contribution in [3.8, 4) is 5.69 Å². The zero-order chi connectivity index (χ0) is 21.2. The largest absolute Gasteiger partial charge is 0.299 e. The van der Waals surface area contributed by atoms with Gasteiger partial charge in [-0.05, 0) is 43.1 Å². The van der Waals surface area contributed by atoms with Crippen LogP contribution in [0, 0.1) is 5.92 Å². The van der Waals surface area contributed by atoms with E-state index in [1.165, 1.54) is 11.9 Å². The molecule has 3 rings (SSSR count). The van der Waals surface area contributed by atoms with Crippen LogP contribution in [-0.2, 0) is 29.5 Å². The number of rotatable bonds is 8. The van der Waals surface area contributed by atoms with Crippen LogP contribution in [0.2, 0.25) is 5.02 Å². The molecule has 0 amide bonds. The minimum Gasteiger partial charge on any atom is -0.299 e. The van der Waals surface area contributed by atoms with Crippen molar-refractivity contribution in [1.29, 1.82) is 0 Å². The maximum absolute atomic E-state index is 12.4. The number of hydrogen-bond acceptors (Lipinski definition) is 4. The molecular formula is C21H31ClN4O2S. The molecule has 0 spiro atoms. The third kappa shape index (κ3) is 5.40. The van der Waals surface area contributed by atoms with Crippen LogP contribution in [0.3, 0.4) is 0 Å². The molecule has 0 bridgehead atoms. The lowest BCUT2D eigenvalue weighted by Crippen LogP contribution is -2.35. The zero-order valence-corrected chi connectivity index (χ0v) is 19.3. The summed E-state index contributed by atoms with van der Waals surface area (Å²) in [6.45, 7) is 9.87. The van der Waals surface area contributed by atoms with Gasteiger partial charge in [-0.2, -0.15) is 9.40 Å². The molecule has 29 heavy (non-hydrogen) atoms. The molecule has 0 unspecified atom stereocenters. The maximum atomic E-state index is 12.4. The Balaban J connectivity index is 2.02. The quantitative estimate of drug-likeness (QED) is 0.630. The molecule has 1 aromatic heterocycles. The second kappa shape index (κ2) is 9.16. The van der Waals surface area contributed by atoms with Gasteiger partial charge in [0.25, 0.3) is 0 Å². The van der Waals surface area contributed by atoms with Crippen LogP contribution in [-0.4, -0.2) is 53.3 Å². The van der Waals surface area contributed by atoms with Gasteiger partial charge in [0, 0.05) is 36.6 Å². The van der Waals surface area contributed by atoms with E-state index in [9.17, 15) is 8.42 Å². The lowest BCUT2D eigenvalue weighted by Gasteiger charge is -2.28. The Hall–Kier alpha value is -1.41. The van der Waals surface area contributed by atoms with Crippen LogP contribution in [0.25, 0.3) is 5.69 Å². The Morgan fingerprint density at radius 1 is 1.24 bits per heavy atom. The van der Waals surface area contributed by atoms with Crippen molar-refractivity contribution in [3.05, 3.63) is 46.2 Å².